The minimum absolute atomic E-state index is 0.265. The van der Waals surface area contributed by atoms with Gasteiger partial charge in [-0.05, 0) is 43.4 Å². The first-order chi connectivity index (χ1) is 10.6. The maximum absolute atomic E-state index is 12.9. The molecular weight excluding hydrogens is 335 g/mol. The molecule has 1 aromatic carbocycles. The fraction of sp³-hybridized carbons (Fsp3) is 0.600. The van der Waals surface area contributed by atoms with Gasteiger partial charge in [0.05, 0.1) is 5.60 Å². The molecule has 0 amide bonds. The van der Waals surface area contributed by atoms with Crippen molar-refractivity contribution in [2.75, 3.05) is 0 Å². The first-order valence-electron chi connectivity index (χ1n) is 7.37. The fourth-order valence-electron chi connectivity index (χ4n) is 2.34. The molecule has 0 aliphatic heterocycles. The van der Waals surface area contributed by atoms with Crippen LogP contribution < -0.4 is 4.74 Å². The number of hydrogen-bond donors (Lipinski definition) is 0. The quantitative estimate of drug-likeness (QED) is 0.518. The summed E-state index contributed by atoms with van der Waals surface area (Å²) < 4.78 is 71.9. The molecule has 0 heterocycles. The van der Waals surface area contributed by atoms with Crippen LogP contribution in [-0.2, 0) is 10.8 Å². The molecule has 0 spiro atoms. The van der Waals surface area contributed by atoms with Gasteiger partial charge in [-0.25, -0.2) is 0 Å². The summed E-state index contributed by atoms with van der Waals surface area (Å²) in [6.07, 6.45) is -8.14. The molecule has 0 aromatic heterocycles. The molecule has 0 aliphatic rings. The van der Waals surface area contributed by atoms with E-state index in [4.69, 9.17) is 4.43 Å². The number of ether oxygens (including phenoxy) is 1. The normalized spacial score (nSPS) is 13.3. The molecule has 0 unspecified atom stereocenters. The van der Waals surface area contributed by atoms with Crippen LogP contribution in [0.4, 0.5) is 22.0 Å². The van der Waals surface area contributed by atoms with Gasteiger partial charge < -0.3 is 9.16 Å². The van der Waals surface area contributed by atoms with Crippen molar-refractivity contribution in [2.24, 2.45) is 0 Å². The highest BCUT2D eigenvalue weighted by atomic mass is 28.2. The standard InChI is InChI=1S/C15H21F5O2Si/c1-3-13(4-2,22-23)9-8-11-6-5-7-12(10-11)21-15(19,20)14(16,17)18/h5-7,10H,3-4,8-9H2,1-2,23H3. The topological polar surface area (TPSA) is 18.5 Å². The van der Waals surface area contributed by atoms with Gasteiger partial charge in [0.2, 0.25) is 0 Å². The monoisotopic (exact) mass is 356 g/mol. The zero-order valence-corrected chi connectivity index (χ0v) is 15.3. The van der Waals surface area contributed by atoms with E-state index in [2.05, 4.69) is 4.74 Å². The Hall–Kier alpha value is -1.15. The van der Waals surface area contributed by atoms with E-state index in [0.29, 0.717) is 28.9 Å². The lowest BCUT2D eigenvalue weighted by molar-refractivity contribution is -0.360. The van der Waals surface area contributed by atoms with Crippen molar-refractivity contribution in [3.8, 4) is 5.75 Å². The van der Waals surface area contributed by atoms with Gasteiger partial charge in [0.25, 0.3) is 0 Å². The second-order valence-electron chi connectivity index (χ2n) is 5.36. The van der Waals surface area contributed by atoms with Crippen molar-refractivity contribution < 1.29 is 31.1 Å². The maximum Gasteiger partial charge on any atom is 0.499 e. The molecule has 23 heavy (non-hydrogen) atoms. The molecule has 0 bridgehead atoms. The molecule has 2 nitrogen and oxygen atoms in total. The highest BCUT2D eigenvalue weighted by Gasteiger charge is 2.61. The van der Waals surface area contributed by atoms with Gasteiger partial charge >= 0.3 is 12.3 Å². The van der Waals surface area contributed by atoms with Crippen molar-refractivity contribution in [1.29, 1.82) is 0 Å². The van der Waals surface area contributed by atoms with Crippen LogP contribution in [0, 0.1) is 0 Å². The summed E-state index contributed by atoms with van der Waals surface area (Å²) in [5.74, 6) is -0.504. The number of halogens is 5. The molecule has 0 atom stereocenters. The van der Waals surface area contributed by atoms with E-state index in [9.17, 15) is 22.0 Å². The van der Waals surface area contributed by atoms with Gasteiger partial charge in [-0.1, -0.05) is 26.0 Å². The summed E-state index contributed by atoms with van der Waals surface area (Å²) in [5.41, 5.74) is 0.365. The summed E-state index contributed by atoms with van der Waals surface area (Å²) in [6, 6.07) is 5.36. The lowest BCUT2D eigenvalue weighted by Crippen LogP contribution is -2.41. The molecule has 132 valence electrons. The van der Waals surface area contributed by atoms with E-state index in [-0.39, 0.29) is 5.60 Å². The Morgan fingerprint density at radius 3 is 2.13 bits per heavy atom. The Kier molecular flexibility index (Phi) is 6.58. The Labute approximate surface area is 135 Å². The van der Waals surface area contributed by atoms with Crippen LogP contribution in [0.25, 0.3) is 0 Å². The van der Waals surface area contributed by atoms with Gasteiger partial charge in [0.15, 0.2) is 0 Å². The summed E-state index contributed by atoms with van der Waals surface area (Å²) in [6.45, 7) is 4.01. The van der Waals surface area contributed by atoms with Gasteiger partial charge in [-0.2, -0.15) is 22.0 Å². The first-order valence-corrected chi connectivity index (χ1v) is 8.18. The molecule has 1 aromatic rings. The van der Waals surface area contributed by atoms with Gasteiger partial charge in [0, 0.05) is 0 Å². The zero-order valence-electron chi connectivity index (χ0n) is 13.3. The predicted octanol–water partition coefficient (Wildman–Crippen LogP) is 4.01. The van der Waals surface area contributed by atoms with E-state index < -0.39 is 18.0 Å². The molecule has 0 saturated heterocycles. The van der Waals surface area contributed by atoms with E-state index in [1.54, 1.807) is 6.07 Å². The third kappa shape index (κ3) is 5.17. The largest absolute Gasteiger partial charge is 0.499 e. The van der Waals surface area contributed by atoms with Crippen molar-refractivity contribution in [1.82, 2.24) is 0 Å². The van der Waals surface area contributed by atoms with Gasteiger partial charge in [0.1, 0.15) is 16.2 Å². The fourth-order valence-corrected chi connectivity index (χ4v) is 3.12. The van der Waals surface area contributed by atoms with E-state index in [1.807, 2.05) is 13.8 Å². The highest BCUT2D eigenvalue weighted by molar-refractivity contribution is 5.98. The summed E-state index contributed by atoms with van der Waals surface area (Å²) in [5, 5.41) is 0. The predicted molar refractivity (Wildman–Crippen MR) is 80.7 cm³/mol. The Bertz CT molecular complexity index is 493. The smallest absolute Gasteiger partial charge is 0.426 e. The van der Waals surface area contributed by atoms with Gasteiger partial charge in [-0.3, -0.25) is 0 Å². The second kappa shape index (κ2) is 7.61. The first kappa shape index (κ1) is 19.9. The lowest BCUT2D eigenvalue weighted by atomic mass is 9.90. The van der Waals surface area contributed by atoms with Crippen LogP contribution in [0.3, 0.4) is 0 Å². The average molecular weight is 356 g/mol. The Morgan fingerprint density at radius 2 is 1.65 bits per heavy atom. The minimum atomic E-state index is -5.75. The summed E-state index contributed by atoms with van der Waals surface area (Å²) >= 11 is 0. The van der Waals surface area contributed by atoms with Crippen molar-refractivity contribution in [2.45, 2.75) is 57.4 Å². The SMILES string of the molecule is CCC(CC)(CCc1cccc(OC(F)(F)C(F)(F)F)c1)O[SiH3]. The maximum atomic E-state index is 12.9. The van der Waals surface area contributed by atoms with Crippen LogP contribution in [0.5, 0.6) is 5.75 Å². The van der Waals surface area contributed by atoms with Crippen molar-refractivity contribution in [3.05, 3.63) is 29.8 Å². The average Bonchev–Trinajstić information content (AvgIpc) is 2.48. The van der Waals surface area contributed by atoms with Crippen LogP contribution in [0.15, 0.2) is 24.3 Å². The third-order valence-electron chi connectivity index (χ3n) is 4.07. The highest BCUT2D eigenvalue weighted by Crippen LogP contribution is 2.37. The molecule has 0 saturated carbocycles. The van der Waals surface area contributed by atoms with Crippen LogP contribution in [0.1, 0.15) is 38.7 Å². The molecular formula is C15H21F5O2Si. The van der Waals surface area contributed by atoms with E-state index in [0.717, 1.165) is 18.9 Å². The Balaban J connectivity index is 2.82. The number of benzene rings is 1. The third-order valence-corrected chi connectivity index (χ3v) is 4.93. The van der Waals surface area contributed by atoms with E-state index >= 15 is 0 Å². The van der Waals surface area contributed by atoms with Gasteiger partial charge in [-0.15, -0.1) is 0 Å². The lowest BCUT2D eigenvalue weighted by Gasteiger charge is -2.31. The zero-order chi connectivity index (χ0) is 17.7. The Morgan fingerprint density at radius 1 is 1.04 bits per heavy atom. The number of aryl methyl sites for hydroxylation is 1. The number of alkyl halides is 5. The molecule has 0 N–H and O–H groups in total. The molecule has 1 rings (SSSR count). The molecule has 0 fully saturated rings. The number of hydrogen-bond acceptors (Lipinski definition) is 2. The molecule has 0 aliphatic carbocycles. The number of rotatable bonds is 8. The van der Waals surface area contributed by atoms with Crippen LogP contribution in [-0.4, -0.2) is 28.4 Å². The van der Waals surface area contributed by atoms with Crippen LogP contribution >= 0.6 is 0 Å². The summed E-state index contributed by atoms with van der Waals surface area (Å²) in [7, 11) is 0.580. The second-order valence-corrected chi connectivity index (χ2v) is 5.77. The molecule has 8 heteroatoms. The molecule has 0 radical (unpaired) electrons. The van der Waals surface area contributed by atoms with Crippen molar-refractivity contribution in [3.63, 3.8) is 0 Å². The van der Waals surface area contributed by atoms with E-state index in [1.165, 1.54) is 12.1 Å². The van der Waals surface area contributed by atoms with Crippen molar-refractivity contribution >= 4 is 10.5 Å². The van der Waals surface area contributed by atoms with Crippen LogP contribution in [0.2, 0.25) is 0 Å². The summed E-state index contributed by atoms with van der Waals surface area (Å²) in [4.78, 5) is 0. The minimum Gasteiger partial charge on any atom is -0.426 e.